The molecule has 0 unspecified atom stereocenters. The first-order valence-electron chi connectivity index (χ1n) is 18.3. The highest BCUT2D eigenvalue weighted by molar-refractivity contribution is 5.99. The van der Waals surface area contributed by atoms with Gasteiger partial charge >= 0.3 is 18.0 Å². The zero-order chi connectivity index (χ0) is 39.6. The van der Waals surface area contributed by atoms with Gasteiger partial charge in [-0.25, -0.2) is 19.6 Å². The molecule has 290 valence electrons. The molecule has 0 spiro atoms. The van der Waals surface area contributed by atoms with E-state index < -0.39 is 47.1 Å². The Morgan fingerprint density at radius 2 is 1.43 bits per heavy atom. The van der Waals surface area contributed by atoms with E-state index in [1.54, 1.807) is 82.5 Å². The number of nitrogens with zero attached hydrogens (tertiary/aromatic N) is 5. The Balaban J connectivity index is 1.70. The number of carbonyl (C=O) groups excluding carboxylic acids is 5. The van der Waals surface area contributed by atoms with Crippen LogP contribution in [0.4, 0.5) is 16.3 Å². The maximum absolute atomic E-state index is 14.2. The maximum atomic E-state index is 14.2. The molecule has 2 aromatic carbocycles. The largest absolute Gasteiger partial charge is 0.460 e. The van der Waals surface area contributed by atoms with Crippen molar-refractivity contribution in [1.82, 2.24) is 25.1 Å². The number of hydrogen-bond donors (Lipinski definition) is 1. The Morgan fingerprint density at radius 1 is 0.815 bits per heavy atom. The van der Waals surface area contributed by atoms with Crippen molar-refractivity contribution in [2.24, 2.45) is 0 Å². The minimum atomic E-state index is -1.12. The monoisotopic (exact) mass is 744 g/mol. The minimum absolute atomic E-state index is 0.0331. The number of hydrogen-bond acceptors (Lipinski definition) is 11. The van der Waals surface area contributed by atoms with Crippen LogP contribution in [0.3, 0.4) is 0 Å². The third kappa shape index (κ3) is 11.5. The van der Waals surface area contributed by atoms with Crippen LogP contribution < -0.4 is 10.2 Å². The molecule has 1 aromatic heterocycles. The zero-order valence-corrected chi connectivity index (χ0v) is 32.5. The van der Waals surface area contributed by atoms with Crippen molar-refractivity contribution >= 4 is 41.4 Å². The fraction of sp³-hybridized carbons (Fsp3) is 0.475. The number of carbonyl (C=O) groups is 5. The Morgan fingerprint density at radius 3 is 2.04 bits per heavy atom. The number of anilines is 2. The van der Waals surface area contributed by atoms with Crippen LogP contribution in [0, 0.1) is 0 Å². The third-order valence-electron chi connectivity index (χ3n) is 8.16. The molecule has 54 heavy (non-hydrogen) atoms. The Hall–Kier alpha value is -5.53. The summed E-state index contributed by atoms with van der Waals surface area (Å²) in [7, 11) is 0. The van der Waals surface area contributed by atoms with Gasteiger partial charge in [0.25, 0.3) is 5.91 Å². The summed E-state index contributed by atoms with van der Waals surface area (Å²) in [6, 6.07) is 16.5. The molecular weight excluding hydrogens is 692 g/mol. The lowest BCUT2D eigenvalue weighted by atomic mass is 10.1. The van der Waals surface area contributed by atoms with Crippen LogP contribution in [0.1, 0.15) is 89.1 Å². The van der Waals surface area contributed by atoms with Crippen LogP contribution in [-0.4, -0.2) is 106 Å². The van der Waals surface area contributed by atoms with E-state index in [2.05, 4.69) is 10.3 Å². The quantitative estimate of drug-likeness (QED) is 0.177. The minimum Gasteiger partial charge on any atom is -0.460 e. The van der Waals surface area contributed by atoms with Crippen molar-refractivity contribution in [3.05, 3.63) is 71.9 Å². The number of nitrogens with one attached hydrogen (secondary N) is 1. The van der Waals surface area contributed by atoms with E-state index in [4.69, 9.17) is 19.2 Å². The van der Waals surface area contributed by atoms with Crippen LogP contribution >= 0.6 is 0 Å². The smallest absolute Gasteiger partial charge is 0.409 e. The van der Waals surface area contributed by atoms with Crippen molar-refractivity contribution < 1.29 is 38.2 Å². The van der Waals surface area contributed by atoms with Crippen molar-refractivity contribution in [2.45, 2.75) is 85.5 Å². The van der Waals surface area contributed by atoms with E-state index in [1.807, 2.05) is 37.3 Å². The first-order valence-corrected chi connectivity index (χ1v) is 18.3. The lowest BCUT2D eigenvalue weighted by Crippen LogP contribution is -2.56. The van der Waals surface area contributed by atoms with Crippen LogP contribution in [0.25, 0.3) is 11.4 Å². The van der Waals surface area contributed by atoms with Gasteiger partial charge in [0.1, 0.15) is 28.8 Å². The molecule has 14 heteroatoms. The van der Waals surface area contributed by atoms with Crippen LogP contribution in [0.15, 0.2) is 60.7 Å². The second kappa shape index (κ2) is 18.0. The summed E-state index contributed by atoms with van der Waals surface area (Å²) in [5.74, 6) is -1.52. The first-order chi connectivity index (χ1) is 25.5. The van der Waals surface area contributed by atoms with E-state index in [0.29, 0.717) is 29.2 Å². The lowest BCUT2D eigenvalue weighted by molar-refractivity contribution is -0.155. The number of ether oxygens (including phenoxy) is 3. The highest BCUT2D eigenvalue weighted by Gasteiger charge is 2.32. The first kappa shape index (κ1) is 41.2. The summed E-state index contributed by atoms with van der Waals surface area (Å²) >= 11 is 0. The lowest BCUT2D eigenvalue weighted by Gasteiger charge is -2.36. The Bertz CT molecular complexity index is 1800. The SMILES string of the molecule is CCOC(=O)N1CCN(C(=O)[C@H](CCC(=O)OC(C)(C)C)NC(=O)c2cc(N(CC)c3ccccc3C(=O)OC(C)(C)C)nc(-c3ccccc3)n2)CC1. The van der Waals surface area contributed by atoms with Gasteiger partial charge in [-0.2, -0.15) is 0 Å². The predicted molar refractivity (Wildman–Crippen MR) is 203 cm³/mol. The van der Waals surface area contributed by atoms with E-state index in [1.165, 1.54) is 11.0 Å². The van der Waals surface area contributed by atoms with Crippen molar-refractivity contribution in [2.75, 3.05) is 44.2 Å². The molecule has 1 fully saturated rings. The molecule has 4 rings (SSSR count). The molecule has 0 aliphatic carbocycles. The van der Waals surface area contributed by atoms with E-state index in [-0.39, 0.29) is 57.1 Å². The Kier molecular flexibility index (Phi) is 13.7. The fourth-order valence-corrected chi connectivity index (χ4v) is 5.76. The van der Waals surface area contributed by atoms with E-state index >= 15 is 0 Å². The number of para-hydroxylation sites is 1. The second-order valence-corrected chi connectivity index (χ2v) is 14.7. The van der Waals surface area contributed by atoms with E-state index in [0.717, 1.165) is 0 Å². The average Bonchev–Trinajstić information content (AvgIpc) is 3.12. The molecule has 0 bridgehead atoms. The second-order valence-electron chi connectivity index (χ2n) is 14.7. The van der Waals surface area contributed by atoms with Gasteiger partial charge in [-0.05, 0) is 73.9 Å². The number of esters is 2. The van der Waals surface area contributed by atoms with Gasteiger partial charge in [-0.3, -0.25) is 14.4 Å². The predicted octanol–water partition coefficient (Wildman–Crippen LogP) is 5.78. The summed E-state index contributed by atoms with van der Waals surface area (Å²) < 4.78 is 16.3. The third-order valence-corrected chi connectivity index (χ3v) is 8.16. The van der Waals surface area contributed by atoms with Gasteiger partial charge in [-0.15, -0.1) is 0 Å². The highest BCUT2D eigenvalue weighted by Crippen LogP contribution is 2.31. The zero-order valence-electron chi connectivity index (χ0n) is 32.5. The van der Waals surface area contributed by atoms with Gasteiger partial charge in [-0.1, -0.05) is 42.5 Å². The summed E-state index contributed by atoms with van der Waals surface area (Å²) in [4.78, 5) is 80.9. The van der Waals surface area contributed by atoms with Crippen molar-refractivity contribution in [3.8, 4) is 11.4 Å². The summed E-state index contributed by atoms with van der Waals surface area (Å²) in [5, 5.41) is 2.83. The molecule has 1 saturated heterocycles. The molecule has 14 nitrogen and oxygen atoms in total. The summed E-state index contributed by atoms with van der Waals surface area (Å²) in [6.45, 7) is 15.8. The van der Waals surface area contributed by atoms with Gasteiger partial charge in [0.05, 0.1) is 17.9 Å². The number of benzene rings is 2. The normalized spacial score (nSPS) is 13.8. The Labute approximate surface area is 317 Å². The van der Waals surface area contributed by atoms with Gasteiger partial charge < -0.3 is 34.2 Å². The number of amides is 3. The highest BCUT2D eigenvalue weighted by atomic mass is 16.6. The van der Waals surface area contributed by atoms with Crippen LogP contribution in [-0.2, 0) is 23.8 Å². The molecule has 1 aliphatic rings. The molecule has 3 aromatic rings. The number of rotatable bonds is 12. The molecular formula is C40H52N6O8. The van der Waals surface area contributed by atoms with E-state index in [9.17, 15) is 24.0 Å². The van der Waals surface area contributed by atoms with Crippen molar-refractivity contribution in [3.63, 3.8) is 0 Å². The molecule has 1 aliphatic heterocycles. The van der Waals surface area contributed by atoms with Gasteiger partial charge in [0.15, 0.2) is 5.82 Å². The van der Waals surface area contributed by atoms with Gasteiger partial charge in [0.2, 0.25) is 5.91 Å². The fourth-order valence-electron chi connectivity index (χ4n) is 5.76. The molecule has 0 saturated carbocycles. The van der Waals surface area contributed by atoms with Gasteiger partial charge in [0, 0.05) is 50.8 Å². The molecule has 1 atom stereocenters. The molecule has 3 amide bonds. The molecule has 1 N–H and O–H groups in total. The van der Waals surface area contributed by atoms with Crippen molar-refractivity contribution in [1.29, 1.82) is 0 Å². The summed E-state index contributed by atoms with van der Waals surface area (Å²) in [5.41, 5.74) is -0.0203. The molecule has 0 radical (unpaired) electrons. The topological polar surface area (TPSA) is 161 Å². The standard InChI is InChI=1S/C40H52N6O8/c1-9-46(31-19-15-14-18-28(31)37(50)54-40(6,7)8)32-26-30(41-34(43-32)27-16-12-11-13-17-27)35(48)42-29(20-21-33(47)53-39(3,4)5)36(49)44-22-24-45(25-23-44)38(51)52-10-2/h11-19,26,29H,9-10,20-25H2,1-8H3,(H,42,48)/t29-/m0/s1. The van der Waals surface area contributed by atoms with Crippen LogP contribution in [0.5, 0.6) is 0 Å². The number of aromatic nitrogens is 2. The molecule has 2 heterocycles. The summed E-state index contributed by atoms with van der Waals surface area (Å²) in [6.07, 6.45) is -0.625. The average molecular weight is 745 g/mol. The number of piperazine rings is 1. The van der Waals surface area contributed by atoms with Crippen LogP contribution in [0.2, 0.25) is 0 Å². The maximum Gasteiger partial charge on any atom is 0.409 e.